The predicted molar refractivity (Wildman–Crippen MR) is 72.0 cm³/mol. The molecule has 0 atom stereocenters. The summed E-state index contributed by atoms with van der Waals surface area (Å²) < 4.78 is 54.2. The Balaban J connectivity index is 2.22. The van der Waals surface area contributed by atoms with Crippen LogP contribution in [0.5, 0.6) is 0 Å². The summed E-state index contributed by atoms with van der Waals surface area (Å²) in [7, 11) is -3.83. The molecule has 0 aliphatic carbocycles. The van der Waals surface area contributed by atoms with Crippen LogP contribution in [-0.2, 0) is 10.2 Å². The molecule has 1 aliphatic heterocycles. The maximum atomic E-state index is 13.6. The number of piperidine rings is 1. The SMILES string of the molecule is O=S(=O)(Nc1cc(F)c(Br)cc1F)N1CCCCC1. The molecular formula is C11H13BrF2N2O2S. The molecule has 1 N–H and O–H groups in total. The highest BCUT2D eigenvalue weighted by molar-refractivity contribution is 9.10. The molecule has 0 radical (unpaired) electrons. The molecule has 0 aromatic heterocycles. The maximum Gasteiger partial charge on any atom is 0.301 e. The van der Waals surface area contributed by atoms with Crippen LogP contribution in [0, 0.1) is 11.6 Å². The van der Waals surface area contributed by atoms with Gasteiger partial charge in [0.15, 0.2) is 0 Å². The van der Waals surface area contributed by atoms with Gasteiger partial charge in [0, 0.05) is 19.2 Å². The Bertz CT molecular complexity index is 574. The maximum absolute atomic E-state index is 13.6. The summed E-state index contributed by atoms with van der Waals surface area (Å²) in [6.07, 6.45) is 2.53. The second-order valence-electron chi connectivity index (χ2n) is 4.31. The van der Waals surface area contributed by atoms with Crippen molar-refractivity contribution in [2.75, 3.05) is 17.8 Å². The number of rotatable bonds is 3. The molecule has 106 valence electrons. The highest BCUT2D eigenvalue weighted by Crippen LogP contribution is 2.25. The topological polar surface area (TPSA) is 49.4 Å². The minimum Gasteiger partial charge on any atom is -0.268 e. The van der Waals surface area contributed by atoms with Crippen molar-refractivity contribution in [2.24, 2.45) is 0 Å². The Morgan fingerprint density at radius 2 is 1.74 bits per heavy atom. The van der Waals surface area contributed by atoms with Gasteiger partial charge in [0.25, 0.3) is 0 Å². The van der Waals surface area contributed by atoms with E-state index in [2.05, 4.69) is 20.7 Å². The minimum atomic E-state index is -3.83. The van der Waals surface area contributed by atoms with Crippen LogP contribution in [-0.4, -0.2) is 25.8 Å². The normalized spacial score (nSPS) is 17.4. The molecule has 2 rings (SSSR count). The van der Waals surface area contributed by atoms with E-state index in [9.17, 15) is 17.2 Å². The summed E-state index contributed by atoms with van der Waals surface area (Å²) in [5, 5.41) is 0. The Labute approximate surface area is 119 Å². The van der Waals surface area contributed by atoms with E-state index in [1.807, 2.05) is 0 Å². The molecule has 1 heterocycles. The van der Waals surface area contributed by atoms with Gasteiger partial charge in [0.05, 0.1) is 10.2 Å². The summed E-state index contributed by atoms with van der Waals surface area (Å²) in [5.41, 5.74) is -0.383. The zero-order valence-electron chi connectivity index (χ0n) is 10.00. The molecule has 8 heteroatoms. The van der Waals surface area contributed by atoms with Gasteiger partial charge in [-0.25, -0.2) is 8.78 Å². The van der Waals surface area contributed by atoms with Crippen molar-refractivity contribution in [3.63, 3.8) is 0 Å². The molecule has 0 spiro atoms. The van der Waals surface area contributed by atoms with Gasteiger partial charge in [-0.15, -0.1) is 0 Å². The first-order chi connectivity index (χ1) is 8.90. The van der Waals surface area contributed by atoms with Crippen LogP contribution >= 0.6 is 15.9 Å². The third-order valence-electron chi connectivity index (χ3n) is 2.90. The summed E-state index contributed by atoms with van der Waals surface area (Å²) in [5.74, 6) is -1.55. The zero-order valence-corrected chi connectivity index (χ0v) is 12.4. The quantitative estimate of drug-likeness (QED) is 0.848. The van der Waals surface area contributed by atoms with Gasteiger partial charge in [-0.1, -0.05) is 6.42 Å². The van der Waals surface area contributed by atoms with Gasteiger partial charge < -0.3 is 0 Å². The molecule has 1 aromatic carbocycles. The first-order valence-electron chi connectivity index (χ1n) is 5.82. The van der Waals surface area contributed by atoms with Gasteiger partial charge >= 0.3 is 10.2 Å². The van der Waals surface area contributed by atoms with Crippen molar-refractivity contribution in [1.29, 1.82) is 0 Å². The number of hydrogen-bond donors (Lipinski definition) is 1. The number of benzene rings is 1. The van der Waals surface area contributed by atoms with E-state index in [-0.39, 0.29) is 10.2 Å². The third kappa shape index (κ3) is 3.43. The van der Waals surface area contributed by atoms with E-state index in [0.717, 1.165) is 31.4 Å². The standard InChI is InChI=1S/C11H13BrF2N2O2S/c12-8-6-10(14)11(7-9(8)13)15-19(17,18)16-4-2-1-3-5-16/h6-7,15H,1-5H2. The van der Waals surface area contributed by atoms with E-state index in [4.69, 9.17) is 0 Å². The number of hydrogen-bond acceptors (Lipinski definition) is 2. The van der Waals surface area contributed by atoms with E-state index >= 15 is 0 Å². The highest BCUT2D eigenvalue weighted by Gasteiger charge is 2.25. The van der Waals surface area contributed by atoms with Gasteiger partial charge in [0.1, 0.15) is 11.6 Å². The van der Waals surface area contributed by atoms with Crippen molar-refractivity contribution in [3.05, 3.63) is 28.2 Å². The van der Waals surface area contributed by atoms with Crippen molar-refractivity contribution >= 4 is 31.8 Å². The molecular weight excluding hydrogens is 342 g/mol. The Morgan fingerprint density at radius 1 is 1.11 bits per heavy atom. The lowest BCUT2D eigenvalue weighted by Gasteiger charge is -2.26. The number of anilines is 1. The van der Waals surface area contributed by atoms with Crippen LogP contribution < -0.4 is 4.72 Å². The van der Waals surface area contributed by atoms with Crippen LogP contribution in [0.25, 0.3) is 0 Å². The molecule has 19 heavy (non-hydrogen) atoms. The second-order valence-corrected chi connectivity index (χ2v) is 6.84. The Hall–Kier alpha value is -0.730. The van der Waals surface area contributed by atoms with Crippen molar-refractivity contribution in [2.45, 2.75) is 19.3 Å². The van der Waals surface area contributed by atoms with E-state index in [1.54, 1.807) is 0 Å². The van der Waals surface area contributed by atoms with Crippen LogP contribution in [0.15, 0.2) is 16.6 Å². The molecule has 0 saturated carbocycles. The Morgan fingerprint density at radius 3 is 2.37 bits per heavy atom. The monoisotopic (exact) mass is 354 g/mol. The fourth-order valence-corrected chi connectivity index (χ4v) is 3.53. The van der Waals surface area contributed by atoms with Crippen LogP contribution in [0.3, 0.4) is 0 Å². The second kappa shape index (κ2) is 5.72. The van der Waals surface area contributed by atoms with E-state index in [0.29, 0.717) is 13.1 Å². The van der Waals surface area contributed by atoms with Gasteiger partial charge in [-0.3, -0.25) is 4.72 Å². The zero-order chi connectivity index (χ0) is 14.0. The van der Waals surface area contributed by atoms with E-state index < -0.39 is 21.8 Å². The molecule has 1 aliphatic rings. The lowest BCUT2D eigenvalue weighted by Crippen LogP contribution is -2.39. The Kier molecular flexibility index (Phi) is 4.42. The predicted octanol–water partition coefficient (Wildman–Crippen LogP) is 2.87. The average molecular weight is 355 g/mol. The molecule has 0 unspecified atom stereocenters. The van der Waals surface area contributed by atoms with Crippen molar-refractivity contribution in [3.8, 4) is 0 Å². The smallest absolute Gasteiger partial charge is 0.268 e. The molecule has 1 fully saturated rings. The number of halogens is 3. The first-order valence-corrected chi connectivity index (χ1v) is 8.06. The third-order valence-corrected chi connectivity index (χ3v) is 5.03. The largest absolute Gasteiger partial charge is 0.301 e. The van der Waals surface area contributed by atoms with Crippen molar-refractivity contribution in [1.82, 2.24) is 4.31 Å². The number of nitrogens with one attached hydrogen (secondary N) is 1. The van der Waals surface area contributed by atoms with E-state index in [1.165, 1.54) is 4.31 Å². The van der Waals surface area contributed by atoms with Gasteiger partial charge in [-0.2, -0.15) is 12.7 Å². The van der Waals surface area contributed by atoms with Crippen LogP contribution in [0.2, 0.25) is 0 Å². The lowest BCUT2D eigenvalue weighted by atomic mass is 10.2. The highest BCUT2D eigenvalue weighted by atomic mass is 79.9. The fourth-order valence-electron chi connectivity index (χ4n) is 1.91. The molecule has 0 amide bonds. The van der Waals surface area contributed by atoms with Crippen LogP contribution in [0.4, 0.5) is 14.5 Å². The van der Waals surface area contributed by atoms with Gasteiger partial charge in [0.2, 0.25) is 0 Å². The fraction of sp³-hybridized carbons (Fsp3) is 0.455. The summed E-state index contributed by atoms with van der Waals surface area (Å²) in [6.45, 7) is 0.798. The molecule has 4 nitrogen and oxygen atoms in total. The minimum absolute atomic E-state index is 0.0501. The first kappa shape index (κ1) is 14.7. The number of nitrogens with zero attached hydrogens (tertiary/aromatic N) is 1. The average Bonchev–Trinajstić information content (AvgIpc) is 2.37. The summed E-state index contributed by atoms with van der Waals surface area (Å²) in [4.78, 5) is 0. The lowest BCUT2D eigenvalue weighted by molar-refractivity contribution is 0.349. The van der Waals surface area contributed by atoms with Crippen LogP contribution in [0.1, 0.15) is 19.3 Å². The van der Waals surface area contributed by atoms with Crippen molar-refractivity contribution < 1.29 is 17.2 Å². The molecule has 0 bridgehead atoms. The summed E-state index contributed by atoms with van der Waals surface area (Å²) >= 11 is 2.83. The van der Waals surface area contributed by atoms with Gasteiger partial charge in [-0.05, 0) is 34.8 Å². The molecule has 1 saturated heterocycles. The molecule has 1 aromatic rings. The summed E-state index contributed by atoms with van der Waals surface area (Å²) in [6, 6.07) is 1.71.